The molecular formula is C25H32N2O3. The van der Waals surface area contributed by atoms with Crippen LogP contribution in [0.15, 0.2) is 48.5 Å². The third kappa shape index (κ3) is 5.85. The molecule has 1 N–H and O–H groups in total. The van der Waals surface area contributed by atoms with Gasteiger partial charge in [0.25, 0.3) is 5.91 Å². The summed E-state index contributed by atoms with van der Waals surface area (Å²) in [6.45, 7) is 6.04. The predicted molar refractivity (Wildman–Crippen MR) is 118 cm³/mol. The number of hydrogen-bond donors (Lipinski definition) is 1. The van der Waals surface area contributed by atoms with Crippen molar-refractivity contribution >= 4 is 11.8 Å². The summed E-state index contributed by atoms with van der Waals surface area (Å²) in [6, 6.07) is 15.3. The van der Waals surface area contributed by atoms with E-state index in [9.17, 15) is 9.59 Å². The Morgan fingerprint density at radius 3 is 2.40 bits per heavy atom. The van der Waals surface area contributed by atoms with Gasteiger partial charge in [-0.05, 0) is 50.8 Å². The minimum Gasteiger partial charge on any atom is -0.484 e. The monoisotopic (exact) mass is 408 g/mol. The summed E-state index contributed by atoms with van der Waals surface area (Å²) >= 11 is 0. The molecule has 0 bridgehead atoms. The number of nitrogens with zero attached hydrogens (tertiary/aromatic N) is 1. The number of aryl methyl sites for hydroxylation is 2. The van der Waals surface area contributed by atoms with Crippen LogP contribution in [0.5, 0.6) is 5.75 Å². The van der Waals surface area contributed by atoms with Gasteiger partial charge in [-0.15, -0.1) is 0 Å². The molecule has 5 nitrogen and oxygen atoms in total. The maximum absolute atomic E-state index is 13.1. The van der Waals surface area contributed by atoms with E-state index in [1.807, 2.05) is 62.4 Å². The Labute approximate surface area is 179 Å². The maximum Gasteiger partial charge on any atom is 0.261 e. The van der Waals surface area contributed by atoms with Gasteiger partial charge in [0.05, 0.1) is 0 Å². The lowest BCUT2D eigenvalue weighted by atomic mass is 10.1. The van der Waals surface area contributed by atoms with Crippen LogP contribution in [0.1, 0.15) is 49.3 Å². The van der Waals surface area contributed by atoms with E-state index >= 15 is 0 Å². The molecule has 5 heteroatoms. The summed E-state index contributed by atoms with van der Waals surface area (Å²) in [6.07, 6.45) is 4.33. The first-order valence-electron chi connectivity index (χ1n) is 10.8. The van der Waals surface area contributed by atoms with Gasteiger partial charge < -0.3 is 15.0 Å². The van der Waals surface area contributed by atoms with Crippen molar-refractivity contribution < 1.29 is 14.3 Å². The van der Waals surface area contributed by atoms with Crippen LogP contribution in [0.25, 0.3) is 0 Å². The second-order valence-electron chi connectivity index (χ2n) is 8.23. The van der Waals surface area contributed by atoms with Crippen LogP contribution < -0.4 is 10.1 Å². The number of rotatable bonds is 8. The van der Waals surface area contributed by atoms with E-state index in [1.165, 1.54) is 0 Å². The standard InChI is InChI=1S/C25H32N2O3/c1-18-12-14-21(15-13-18)16-27(20(3)25(29)26-22-9-5-6-10-22)24(28)17-30-23-11-7-4-8-19(23)2/h4,7-8,11-15,20,22H,5-6,9-10,16-17H2,1-3H3,(H,26,29)/t20-/m0/s1. The topological polar surface area (TPSA) is 58.6 Å². The van der Waals surface area contributed by atoms with Crippen molar-refractivity contribution in [2.24, 2.45) is 0 Å². The summed E-state index contributed by atoms with van der Waals surface area (Å²) in [7, 11) is 0. The molecular weight excluding hydrogens is 376 g/mol. The minimum absolute atomic E-state index is 0.0988. The molecule has 0 radical (unpaired) electrons. The van der Waals surface area contributed by atoms with E-state index < -0.39 is 6.04 Å². The molecule has 0 aliphatic heterocycles. The van der Waals surface area contributed by atoms with Crippen LogP contribution >= 0.6 is 0 Å². The molecule has 1 aliphatic carbocycles. The zero-order valence-electron chi connectivity index (χ0n) is 18.2. The van der Waals surface area contributed by atoms with Gasteiger partial charge >= 0.3 is 0 Å². The van der Waals surface area contributed by atoms with E-state index in [0.717, 1.165) is 42.4 Å². The van der Waals surface area contributed by atoms with E-state index in [1.54, 1.807) is 11.8 Å². The van der Waals surface area contributed by atoms with Gasteiger partial charge in [0.1, 0.15) is 11.8 Å². The molecule has 0 spiro atoms. The van der Waals surface area contributed by atoms with Crippen LogP contribution in [0.3, 0.4) is 0 Å². The molecule has 2 aromatic rings. The SMILES string of the molecule is Cc1ccc(CN(C(=O)COc2ccccc2C)[C@@H](C)C(=O)NC2CCCC2)cc1. The fourth-order valence-corrected chi connectivity index (χ4v) is 3.81. The Balaban J connectivity index is 1.71. The summed E-state index contributed by atoms with van der Waals surface area (Å²) < 4.78 is 5.78. The third-order valence-electron chi connectivity index (χ3n) is 5.79. The van der Waals surface area contributed by atoms with Crippen LogP contribution in [-0.4, -0.2) is 35.4 Å². The Morgan fingerprint density at radius 1 is 1.07 bits per heavy atom. The van der Waals surface area contributed by atoms with Crippen molar-refractivity contribution in [3.63, 3.8) is 0 Å². The van der Waals surface area contributed by atoms with Gasteiger partial charge in [-0.3, -0.25) is 9.59 Å². The summed E-state index contributed by atoms with van der Waals surface area (Å²) in [5.74, 6) is 0.385. The maximum atomic E-state index is 13.1. The van der Waals surface area contributed by atoms with Crippen molar-refractivity contribution in [2.45, 2.75) is 65.1 Å². The van der Waals surface area contributed by atoms with Gasteiger partial charge in [0, 0.05) is 12.6 Å². The van der Waals surface area contributed by atoms with E-state index in [-0.39, 0.29) is 24.5 Å². The predicted octanol–water partition coefficient (Wildman–Crippen LogP) is 4.16. The second kappa shape index (κ2) is 10.3. The first kappa shape index (κ1) is 21.9. The summed E-state index contributed by atoms with van der Waals surface area (Å²) in [5, 5.41) is 3.12. The fourth-order valence-electron chi connectivity index (χ4n) is 3.81. The Hall–Kier alpha value is -2.82. The van der Waals surface area contributed by atoms with Crippen LogP contribution in [0.2, 0.25) is 0 Å². The Bertz CT molecular complexity index is 857. The number of para-hydroxylation sites is 1. The number of amides is 2. The second-order valence-corrected chi connectivity index (χ2v) is 8.23. The lowest BCUT2D eigenvalue weighted by molar-refractivity contribution is -0.142. The van der Waals surface area contributed by atoms with Gasteiger partial charge in [-0.2, -0.15) is 0 Å². The molecule has 2 aromatic carbocycles. The lowest BCUT2D eigenvalue weighted by Gasteiger charge is -2.29. The van der Waals surface area contributed by atoms with Crippen molar-refractivity contribution in [3.05, 3.63) is 65.2 Å². The zero-order chi connectivity index (χ0) is 21.5. The molecule has 2 amide bonds. The highest BCUT2D eigenvalue weighted by atomic mass is 16.5. The molecule has 1 atom stereocenters. The molecule has 0 unspecified atom stereocenters. The average molecular weight is 409 g/mol. The van der Waals surface area contributed by atoms with Crippen molar-refractivity contribution in [2.75, 3.05) is 6.61 Å². The molecule has 3 rings (SSSR count). The zero-order valence-corrected chi connectivity index (χ0v) is 18.2. The number of benzene rings is 2. The van der Waals surface area contributed by atoms with Crippen molar-refractivity contribution in [1.82, 2.24) is 10.2 Å². The summed E-state index contributed by atoms with van der Waals surface area (Å²) in [5.41, 5.74) is 3.12. The highest BCUT2D eigenvalue weighted by Crippen LogP contribution is 2.19. The molecule has 0 saturated heterocycles. The Kier molecular flexibility index (Phi) is 7.50. The lowest BCUT2D eigenvalue weighted by Crippen LogP contribution is -2.50. The fraction of sp³-hybridized carbons (Fsp3) is 0.440. The molecule has 160 valence electrons. The minimum atomic E-state index is -0.570. The van der Waals surface area contributed by atoms with Crippen LogP contribution in [0, 0.1) is 13.8 Å². The molecule has 1 saturated carbocycles. The first-order chi connectivity index (χ1) is 14.4. The van der Waals surface area contributed by atoms with Gasteiger partial charge in [0.15, 0.2) is 6.61 Å². The summed E-state index contributed by atoms with van der Waals surface area (Å²) in [4.78, 5) is 27.6. The highest BCUT2D eigenvalue weighted by molar-refractivity contribution is 5.88. The molecule has 30 heavy (non-hydrogen) atoms. The normalized spacial score (nSPS) is 14.9. The quantitative estimate of drug-likeness (QED) is 0.714. The van der Waals surface area contributed by atoms with E-state index in [0.29, 0.717) is 12.3 Å². The van der Waals surface area contributed by atoms with Crippen LogP contribution in [0.4, 0.5) is 0 Å². The number of hydrogen-bond acceptors (Lipinski definition) is 3. The van der Waals surface area contributed by atoms with Crippen molar-refractivity contribution in [1.29, 1.82) is 0 Å². The molecule has 0 aromatic heterocycles. The van der Waals surface area contributed by atoms with E-state index in [2.05, 4.69) is 5.32 Å². The first-order valence-corrected chi connectivity index (χ1v) is 10.8. The number of carbonyl (C=O) groups is 2. The van der Waals surface area contributed by atoms with Crippen molar-refractivity contribution in [3.8, 4) is 5.75 Å². The van der Waals surface area contributed by atoms with Gasteiger partial charge in [-0.25, -0.2) is 0 Å². The smallest absolute Gasteiger partial charge is 0.261 e. The van der Waals surface area contributed by atoms with Gasteiger partial charge in [-0.1, -0.05) is 60.9 Å². The average Bonchev–Trinajstić information content (AvgIpc) is 3.25. The molecule has 1 fully saturated rings. The third-order valence-corrected chi connectivity index (χ3v) is 5.79. The van der Waals surface area contributed by atoms with Crippen LogP contribution in [-0.2, 0) is 16.1 Å². The highest BCUT2D eigenvalue weighted by Gasteiger charge is 2.28. The largest absolute Gasteiger partial charge is 0.484 e. The number of nitrogens with one attached hydrogen (secondary N) is 1. The molecule has 1 aliphatic rings. The van der Waals surface area contributed by atoms with E-state index in [4.69, 9.17) is 4.74 Å². The Morgan fingerprint density at radius 2 is 1.73 bits per heavy atom. The number of carbonyl (C=O) groups excluding carboxylic acids is 2. The number of ether oxygens (including phenoxy) is 1. The van der Waals surface area contributed by atoms with Gasteiger partial charge in [0.2, 0.25) is 5.91 Å². The molecule has 0 heterocycles.